The zero-order chi connectivity index (χ0) is 15.0. The number of anilines is 1. The molecule has 0 saturated carbocycles. The zero-order valence-corrected chi connectivity index (χ0v) is 15.3. The molecule has 0 radical (unpaired) electrons. The maximum atomic E-state index is 11.7. The number of amides is 1. The standard InChI is InChI=1S/C16H27N3O.2ClH/c1-13(2)12-15(17)16(20)18-10-7-11-19(3)14-8-5-4-6-9-14;;/h4-6,8-9,13,15H,7,10-12,17H2,1-3H3,(H,18,20);2*1H/t15-;;/m0../s1. The van der Waals surface area contributed by atoms with E-state index in [-0.39, 0.29) is 36.8 Å². The fraction of sp³-hybridized carbons (Fsp3) is 0.562. The summed E-state index contributed by atoms with van der Waals surface area (Å²) in [6, 6.07) is 9.83. The Morgan fingerprint density at radius 2 is 1.82 bits per heavy atom. The predicted octanol–water partition coefficient (Wildman–Crippen LogP) is 2.85. The summed E-state index contributed by atoms with van der Waals surface area (Å²) >= 11 is 0. The highest BCUT2D eigenvalue weighted by Crippen LogP contribution is 2.10. The first kappa shape index (κ1) is 23.3. The SMILES string of the molecule is CC(C)C[C@H](N)C(=O)NCCCN(C)c1ccccc1.Cl.Cl. The highest BCUT2D eigenvalue weighted by molar-refractivity contribution is 5.85. The van der Waals surface area contributed by atoms with Crippen LogP contribution in [0.2, 0.25) is 0 Å². The molecule has 0 fully saturated rings. The number of carbonyl (C=O) groups is 1. The van der Waals surface area contributed by atoms with Crippen LogP contribution in [0.1, 0.15) is 26.7 Å². The Morgan fingerprint density at radius 1 is 1.23 bits per heavy atom. The lowest BCUT2D eigenvalue weighted by atomic mass is 10.0. The minimum Gasteiger partial charge on any atom is -0.375 e. The minimum absolute atomic E-state index is 0. The molecule has 0 aromatic heterocycles. The molecule has 1 rings (SSSR count). The molecule has 4 nitrogen and oxygen atoms in total. The Kier molecular flexibility index (Phi) is 13.3. The molecule has 0 aliphatic rings. The van der Waals surface area contributed by atoms with Crippen molar-refractivity contribution < 1.29 is 4.79 Å². The van der Waals surface area contributed by atoms with Crippen molar-refractivity contribution >= 4 is 36.4 Å². The lowest BCUT2D eigenvalue weighted by Gasteiger charge is -2.19. The summed E-state index contributed by atoms with van der Waals surface area (Å²) in [5, 5.41) is 2.90. The van der Waals surface area contributed by atoms with Gasteiger partial charge in [-0.2, -0.15) is 0 Å². The zero-order valence-electron chi connectivity index (χ0n) is 13.6. The third-order valence-electron chi connectivity index (χ3n) is 3.23. The van der Waals surface area contributed by atoms with E-state index in [9.17, 15) is 4.79 Å². The molecule has 1 aromatic rings. The van der Waals surface area contributed by atoms with E-state index >= 15 is 0 Å². The number of halogens is 2. The summed E-state index contributed by atoms with van der Waals surface area (Å²) in [5.41, 5.74) is 7.02. The molecule has 3 N–H and O–H groups in total. The largest absolute Gasteiger partial charge is 0.375 e. The van der Waals surface area contributed by atoms with Crippen molar-refractivity contribution in [1.29, 1.82) is 0 Å². The van der Waals surface area contributed by atoms with Crippen LogP contribution in [-0.4, -0.2) is 32.1 Å². The molecule has 0 aliphatic heterocycles. The van der Waals surface area contributed by atoms with Gasteiger partial charge >= 0.3 is 0 Å². The smallest absolute Gasteiger partial charge is 0.236 e. The van der Waals surface area contributed by atoms with E-state index < -0.39 is 0 Å². The van der Waals surface area contributed by atoms with Crippen molar-refractivity contribution in [3.05, 3.63) is 30.3 Å². The van der Waals surface area contributed by atoms with Crippen LogP contribution in [0.15, 0.2) is 30.3 Å². The summed E-state index contributed by atoms with van der Waals surface area (Å²) in [6.07, 6.45) is 1.64. The van der Waals surface area contributed by atoms with Crippen LogP contribution in [-0.2, 0) is 4.79 Å². The van der Waals surface area contributed by atoms with Gasteiger partial charge in [-0.25, -0.2) is 0 Å². The van der Waals surface area contributed by atoms with E-state index in [4.69, 9.17) is 5.73 Å². The lowest BCUT2D eigenvalue weighted by Crippen LogP contribution is -2.42. The molecule has 1 aromatic carbocycles. The fourth-order valence-electron chi connectivity index (χ4n) is 2.09. The van der Waals surface area contributed by atoms with Crippen molar-refractivity contribution in [2.75, 3.05) is 25.0 Å². The first-order valence-electron chi connectivity index (χ1n) is 7.30. The fourth-order valence-corrected chi connectivity index (χ4v) is 2.09. The topological polar surface area (TPSA) is 58.4 Å². The van der Waals surface area contributed by atoms with E-state index in [0.29, 0.717) is 12.5 Å². The Labute approximate surface area is 146 Å². The van der Waals surface area contributed by atoms with E-state index in [2.05, 4.69) is 43.2 Å². The van der Waals surface area contributed by atoms with Crippen LogP contribution >= 0.6 is 24.8 Å². The van der Waals surface area contributed by atoms with Gasteiger partial charge in [-0.1, -0.05) is 32.0 Å². The summed E-state index contributed by atoms with van der Waals surface area (Å²) in [7, 11) is 2.06. The molecule has 0 spiro atoms. The minimum atomic E-state index is -0.387. The summed E-state index contributed by atoms with van der Waals surface area (Å²) in [4.78, 5) is 13.9. The summed E-state index contributed by atoms with van der Waals surface area (Å²) < 4.78 is 0. The third-order valence-corrected chi connectivity index (χ3v) is 3.23. The number of carbonyl (C=O) groups excluding carboxylic acids is 1. The van der Waals surface area contributed by atoms with Gasteiger partial charge < -0.3 is 16.0 Å². The number of hydrogen-bond acceptors (Lipinski definition) is 3. The van der Waals surface area contributed by atoms with Gasteiger partial charge in [0, 0.05) is 25.8 Å². The van der Waals surface area contributed by atoms with Crippen molar-refractivity contribution in [1.82, 2.24) is 5.32 Å². The Hall–Kier alpha value is -0.970. The highest BCUT2D eigenvalue weighted by atomic mass is 35.5. The van der Waals surface area contributed by atoms with Gasteiger partial charge in [0.25, 0.3) is 0 Å². The molecule has 0 aliphatic carbocycles. The van der Waals surface area contributed by atoms with E-state index in [1.807, 2.05) is 18.2 Å². The maximum absolute atomic E-state index is 11.7. The van der Waals surface area contributed by atoms with Crippen molar-refractivity contribution in [2.24, 2.45) is 11.7 Å². The van der Waals surface area contributed by atoms with Crippen LogP contribution in [0, 0.1) is 5.92 Å². The molecule has 6 heteroatoms. The van der Waals surface area contributed by atoms with Crippen molar-refractivity contribution in [2.45, 2.75) is 32.7 Å². The molecule has 0 bridgehead atoms. The summed E-state index contributed by atoms with van der Waals surface area (Å²) in [5.74, 6) is 0.404. The van der Waals surface area contributed by atoms with Gasteiger partial charge in [0.2, 0.25) is 5.91 Å². The number of rotatable bonds is 8. The Balaban J connectivity index is 0. The van der Waals surface area contributed by atoms with Crippen LogP contribution in [0.3, 0.4) is 0 Å². The van der Waals surface area contributed by atoms with Crippen LogP contribution < -0.4 is 16.0 Å². The molecule has 1 amide bonds. The monoisotopic (exact) mass is 349 g/mol. The van der Waals surface area contributed by atoms with Crippen LogP contribution in [0.5, 0.6) is 0 Å². The maximum Gasteiger partial charge on any atom is 0.236 e. The second kappa shape index (κ2) is 12.6. The molecule has 0 unspecified atom stereocenters. The first-order valence-corrected chi connectivity index (χ1v) is 7.30. The number of nitrogens with zero attached hydrogens (tertiary/aromatic N) is 1. The van der Waals surface area contributed by atoms with E-state index in [1.54, 1.807) is 0 Å². The molecule has 0 heterocycles. The van der Waals surface area contributed by atoms with Crippen molar-refractivity contribution in [3.63, 3.8) is 0 Å². The van der Waals surface area contributed by atoms with Gasteiger partial charge in [0.05, 0.1) is 6.04 Å². The second-order valence-electron chi connectivity index (χ2n) is 5.64. The number of nitrogens with one attached hydrogen (secondary N) is 1. The second-order valence-corrected chi connectivity index (χ2v) is 5.64. The van der Waals surface area contributed by atoms with Crippen LogP contribution in [0.4, 0.5) is 5.69 Å². The van der Waals surface area contributed by atoms with E-state index in [0.717, 1.165) is 19.4 Å². The van der Waals surface area contributed by atoms with Crippen LogP contribution in [0.25, 0.3) is 0 Å². The first-order chi connectivity index (χ1) is 9.50. The lowest BCUT2D eigenvalue weighted by molar-refractivity contribution is -0.122. The highest BCUT2D eigenvalue weighted by Gasteiger charge is 2.13. The molecular weight excluding hydrogens is 321 g/mol. The number of nitrogens with two attached hydrogens (primary N) is 1. The van der Waals surface area contributed by atoms with Gasteiger partial charge in [0.1, 0.15) is 0 Å². The summed E-state index contributed by atoms with van der Waals surface area (Å²) in [6.45, 7) is 5.72. The van der Waals surface area contributed by atoms with Gasteiger partial charge in [0.15, 0.2) is 0 Å². The number of hydrogen-bond donors (Lipinski definition) is 2. The third kappa shape index (κ3) is 9.13. The Morgan fingerprint density at radius 3 is 2.36 bits per heavy atom. The molecule has 22 heavy (non-hydrogen) atoms. The average molecular weight is 350 g/mol. The van der Waals surface area contributed by atoms with Gasteiger partial charge in [-0.05, 0) is 30.9 Å². The number of para-hydroxylation sites is 1. The Bertz CT molecular complexity index is 402. The molecule has 128 valence electrons. The quantitative estimate of drug-likeness (QED) is 0.709. The average Bonchev–Trinajstić information content (AvgIpc) is 2.43. The van der Waals surface area contributed by atoms with Gasteiger partial charge in [-0.3, -0.25) is 4.79 Å². The normalized spacial score (nSPS) is 11.1. The van der Waals surface area contributed by atoms with Gasteiger partial charge in [-0.15, -0.1) is 24.8 Å². The molecular formula is C16H29Cl2N3O. The number of benzene rings is 1. The predicted molar refractivity (Wildman–Crippen MR) is 99.3 cm³/mol. The molecule has 1 atom stereocenters. The van der Waals surface area contributed by atoms with Crippen molar-refractivity contribution in [3.8, 4) is 0 Å². The van der Waals surface area contributed by atoms with E-state index in [1.165, 1.54) is 5.69 Å². The molecule has 0 saturated heterocycles.